The summed E-state index contributed by atoms with van der Waals surface area (Å²) in [7, 11) is 0. The highest BCUT2D eigenvalue weighted by atomic mass is 32.2. The Hall–Kier alpha value is -0.810. The fourth-order valence-electron chi connectivity index (χ4n) is 0.631. The van der Waals surface area contributed by atoms with Crippen molar-refractivity contribution in [3.05, 3.63) is 21.2 Å². The molecule has 2 heterocycles. The molecule has 10 heavy (non-hydrogen) atoms. The van der Waals surface area contributed by atoms with Crippen molar-refractivity contribution >= 4 is 32.3 Å². The molecule has 3 nitrogen and oxygen atoms in total. The third-order valence-corrected chi connectivity index (χ3v) is 2.94. The lowest BCUT2D eigenvalue weighted by Gasteiger charge is -1.79. The molecule has 5 heteroatoms. The van der Waals surface area contributed by atoms with Gasteiger partial charge in [0.25, 0.3) is 4.06 Å². The predicted molar refractivity (Wildman–Crippen MR) is 41.6 cm³/mol. The minimum absolute atomic E-state index is 0.0567. The Morgan fingerprint density at radius 3 is 2.10 bits per heavy atom. The first-order valence-corrected chi connectivity index (χ1v) is 4.20. The molecule has 0 spiro atoms. The molecule has 0 amide bonds. The van der Waals surface area contributed by atoms with Crippen LogP contribution >= 0.6 is 22.7 Å². The van der Waals surface area contributed by atoms with E-state index in [1.807, 2.05) is 0 Å². The van der Waals surface area contributed by atoms with E-state index in [-0.39, 0.29) is 4.06 Å². The molecule has 0 atom stereocenters. The SMILES string of the molecule is O=c1sc2nccnc2s1. The highest BCUT2D eigenvalue weighted by Crippen LogP contribution is 2.13. The maximum Gasteiger partial charge on any atom is 0.291 e. The molecule has 0 aromatic carbocycles. The predicted octanol–water partition coefficient (Wildman–Crippen LogP) is 1.11. The molecular formula is C5H2N2OS2. The summed E-state index contributed by atoms with van der Waals surface area (Å²) in [4.78, 5) is 20.2. The number of hydrogen-bond acceptors (Lipinski definition) is 5. The number of nitrogens with zero attached hydrogens (tertiary/aromatic N) is 2. The van der Waals surface area contributed by atoms with Gasteiger partial charge in [0.05, 0.1) is 0 Å². The normalized spacial score (nSPS) is 10.4. The first-order valence-electron chi connectivity index (χ1n) is 2.57. The number of aromatic nitrogens is 2. The summed E-state index contributed by atoms with van der Waals surface area (Å²) in [5.74, 6) is 0. The lowest BCUT2D eigenvalue weighted by Crippen LogP contribution is -1.73. The summed E-state index contributed by atoms with van der Waals surface area (Å²) in [6.45, 7) is 0. The van der Waals surface area contributed by atoms with Crippen molar-refractivity contribution in [2.45, 2.75) is 0 Å². The molecular weight excluding hydrogens is 168 g/mol. The zero-order valence-electron chi connectivity index (χ0n) is 4.77. The van der Waals surface area contributed by atoms with Crippen LogP contribution in [0.1, 0.15) is 0 Å². The average Bonchev–Trinajstić information content (AvgIpc) is 2.27. The zero-order chi connectivity index (χ0) is 6.97. The van der Waals surface area contributed by atoms with Gasteiger partial charge in [-0.1, -0.05) is 22.7 Å². The number of fused-ring (bicyclic) bond motifs is 1. The van der Waals surface area contributed by atoms with E-state index in [2.05, 4.69) is 9.97 Å². The third kappa shape index (κ3) is 0.833. The van der Waals surface area contributed by atoms with Crippen molar-refractivity contribution < 1.29 is 0 Å². The average molecular weight is 170 g/mol. The molecule has 2 aromatic heterocycles. The molecule has 2 aromatic rings. The van der Waals surface area contributed by atoms with Crippen LogP contribution in [-0.4, -0.2) is 9.97 Å². The summed E-state index contributed by atoms with van der Waals surface area (Å²) in [6, 6.07) is 0. The second-order valence-corrected chi connectivity index (χ2v) is 3.80. The summed E-state index contributed by atoms with van der Waals surface area (Å²) >= 11 is 2.28. The van der Waals surface area contributed by atoms with E-state index < -0.39 is 0 Å². The number of rotatable bonds is 0. The maximum absolute atomic E-state index is 10.7. The van der Waals surface area contributed by atoms with Gasteiger partial charge in [0.1, 0.15) is 0 Å². The Labute approximate surface area is 64.0 Å². The molecule has 0 aliphatic carbocycles. The second-order valence-electron chi connectivity index (χ2n) is 1.62. The summed E-state index contributed by atoms with van der Waals surface area (Å²) in [5.41, 5.74) is 0. The molecule has 0 radical (unpaired) electrons. The second kappa shape index (κ2) is 2.10. The minimum atomic E-state index is 0.0567. The summed E-state index contributed by atoms with van der Waals surface area (Å²) in [5, 5.41) is 0. The van der Waals surface area contributed by atoms with Gasteiger partial charge in [0.2, 0.25) is 0 Å². The van der Waals surface area contributed by atoms with Crippen molar-refractivity contribution in [1.29, 1.82) is 0 Å². The van der Waals surface area contributed by atoms with Crippen LogP contribution in [0, 0.1) is 0 Å². The first kappa shape index (κ1) is 5.94. The largest absolute Gasteiger partial charge is 0.291 e. The highest BCUT2D eigenvalue weighted by Gasteiger charge is 1.98. The van der Waals surface area contributed by atoms with Gasteiger partial charge >= 0.3 is 0 Å². The van der Waals surface area contributed by atoms with Crippen molar-refractivity contribution in [1.82, 2.24) is 9.97 Å². The minimum Gasteiger partial charge on any atom is -0.265 e. The van der Waals surface area contributed by atoms with E-state index in [1.54, 1.807) is 12.4 Å². The van der Waals surface area contributed by atoms with Gasteiger partial charge in [-0.05, 0) is 0 Å². The van der Waals surface area contributed by atoms with Crippen LogP contribution in [0.4, 0.5) is 0 Å². The maximum atomic E-state index is 10.7. The van der Waals surface area contributed by atoms with Crippen LogP contribution in [-0.2, 0) is 0 Å². The van der Waals surface area contributed by atoms with E-state index >= 15 is 0 Å². The third-order valence-electron chi connectivity index (χ3n) is 0.993. The van der Waals surface area contributed by atoms with Gasteiger partial charge in [-0.15, -0.1) is 0 Å². The van der Waals surface area contributed by atoms with Crippen LogP contribution in [0.3, 0.4) is 0 Å². The Morgan fingerprint density at radius 1 is 1.10 bits per heavy atom. The van der Waals surface area contributed by atoms with Crippen LogP contribution in [0.5, 0.6) is 0 Å². The van der Waals surface area contributed by atoms with Gasteiger partial charge in [-0.25, -0.2) is 9.97 Å². The molecule has 50 valence electrons. The van der Waals surface area contributed by atoms with E-state index in [9.17, 15) is 4.79 Å². The number of hydrogen-bond donors (Lipinski definition) is 0. The first-order chi connectivity index (χ1) is 4.86. The Balaban J connectivity index is 3.01. The van der Waals surface area contributed by atoms with Crippen molar-refractivity contribution in [3.8, 4) is 0 Å². The van der Waals surface area contributed by atoms with E-state index in [0.717, 1.165) is 32.3 Å². The standard InChI is InChI=1S/C5H2N2OS2/c8-5-9-3-4(10-5)7-2-1-6-3/h1-2H. The zero-order valence-corrected chi connectivity index (χ0v) is 6.41. The molecule has 0 bridgehead atoms. The van der Waals surface area contributed by atoms with Crippen molar-refractivity contribution in [2.24, 2.45) is 0 Å². The summed E-state index contributed by atoms with van der Waals surface area (Å²) < 4.78 is 0.0567. The Bertz CT molecular complexity index is 369. The fraction of sp³-hybridized carbons (Fsp3) is 0. The lowest BCUT2D eigenvalue weighted by molar-refractivity contribution is 1.33. The molecule has 0 unspecified atom stereocenters. The van der Waals surface area contributed by atoms with Crippen molar-refractivity contribution in [3.63, 3.8) is 0 Å². The Kier molecular flexibility index (Phi) is 1.25. The Morgan fingerprint density at radius 2 is 1.60 bits per heavy atom. The highest BCUT2D eigenvalue weighted by molar-refractivity contribution is 7.35. The van der Waals surface area contributed by atoms with Gasteiger partial charge < -0.3 is 0 Å². The van der Waals surface area contributed by atoms with Gasteiger partial charge in [0.15, 0.2) is 9.66 Å². The fourth-order valence-corrected chi connectivity index (χ4v) is 2.34. The van der Waals surface area contributed by atoms with Gasteiger partial charge in [0, 0.05) is 12.4 Å². The van der Waals surface area contributed by atoms with E-state index in [1.165, 1.54) is 0 Å². The molecule has 0 aliphatic heterocycles. The van der Waals surface area contributed by atoms with E-state index in [0.29, 0.717) is 0 Å². The summed E-state index contributed by atoms with van der Waals surface area (Å²) in [6.07, 6.45) is 3.18. The monoisotopic (exact) mass is 170 g/mol. The molecule has 0 fully saturated rings. The van der Waals surface area contributed by atoms with E-state index in [4.69, 9.17) is 0 Å². The smallest absolute Gasteiger partial charge is 0.265 e. The molecule has 0 N–H and O–H groups in total. The van der Waals surface area contributed by atoms with Gasteiger partial charge in [-0.3, -0.25) is 4.79 Å². The topological polar surface area (TPSA) is 42.9 Å². The van der Waals surface area contributed by atoms with Crippen molar-refractivity contribution in [2.75, 3.05) is 0 Å². The molecule has 2 rings (SSSR count). The van der Waals surface area contributed by atoms with Crippen LogP contribution in [0.15, 0.2) is 17.2 Å². The van der Waals surface area contributed by atoms with Crippen LogP contribution in [0.2, 0.25) is 0 Å². The molecule has 0 saturated carbocycles. The van der Waals surface area contributed by atoms with Crippen LogP contribution in [0.25, 0.3) is 9.66 Å². The lowest BCUT2D eigenvalue weighted by atomic mass is 10.8. The van der Waals surface area contributed by atoms with Gasteiger partial charge in [-0.2, -0.15) is 0 Å². The molecule has 0 saturated heterocycles. The van der Waals surface area contributed by atoms with Crippen LogP contribution < -0.4 is 4.06 Å². The molecule has 0 aliphatic rings. The quantitative estimate of drug-likeness (QED) is 0.595.